The molecule has 3 rings (SSSR count). The summed E-state index contributed by atoms with van der Waals surface area (Å²) in [5, 5.41) is 10.1. The largest absolute Gasteiger partial charge is 0.507 e. The van der Waals surface area contributed by atoms with Crippen LogP contribution in [-0.4, -0.2) is 22.2 Å². The van der Waals surface area contributed by atoms with Gasteiger partial charge in [-0.25, -0.2) is 9.97 Å². The van der Waals surface area contributed by atoms with E-state index in [1.165, 1.54) is 0 Å². The van der Waals surface area contributed by atoms with Crippen LogP contribution < -0.4 is 4.74 Å². The van der Waals surface area contributed by atoms with Crippen molar-refractivity contribution in [2.24, 2.45) is 0 Å². The monoisotopic (exact) mass is 292 g/mol. The van der Waals surface area contributed by atoms with Gasteiger partial charge in [0.25, 0.3) is 0 Å². The van der Waals surface area contributed by atoms with Gasteiger partial charge in [0.15, 0.2) is 0 Å². The van der Waals surface area contributed by atoms with Crippen molar-refractivity contribution in [3.63, 3.8) is 0 Å². The number of hydrogen-bond donors (Lipinski definition) is 1. The number of para-hydroxylation sites is 1. The molecule has 0 spiro atoms. The zero-order valence-corrected chi connectivity index (χ0v) is 12.4. The standard InChI is InChI=1S/C18H16N2O2/c1-12-19-11-16(13-7-9-14(22-2)10-8-13)18(20-12)15-5-3-4-6-17(15)21/h3-11,21H,1-2H3. The number of aryl methyl sites for hydroxylation is 1. The quantitative estimate of drug-likeness (QED) is 0.797. The molecule has 1 heterocycles. The molecule has 2 aromatic carbocycles. The van der Waals surface area contributed by atoms with Crippen LogP contribution in [-0.2, 0) is 0 Å². The van der Waals surface area contributed by atoms with Crippen molar-refractivity contribution in [3.8, 4) is 33.9 Å². The van der Waals surface area contributed by atoms with Crippen LogP contribution in [0.2, 0.25) is 0 Å². The Balaban J connectivity index is 2.18. The fraction of sp³-hybridized carbons (Fsp3) is 0.111. The second-order valence-corrected chi connectivity index (χ2v) is 4.93. The molecule has 0 aliphatic rings. The Morgan fingerprint density at radius 1 is 0.955 bits per heavy atom. The molecule has 0 unspecified atom stereocenters. The van der Waals surface area contributed by atoms with Gasteiger partial charge in [-0.3, -0.25) is 0 Å². The molecular weight excluding hydrogens is 276 g/mol. The van der Waals surface area contributed by atoms with E-state index < -0.39 is 0 Å². The minimum absolute atomic E-state index is 0.204. The molecule has 0 aliphatic heterocycles. The van der Waals surface area contributed by atoms with E-state index in [0.29, 0.717) is 11.4 Å². The van der Waals surface area contributed by atoms with Gasteiger partial charge in [-0.1, -0.05) is 24.3 Å². The maximum Gasteiger partial charge on any atom is 0.125 e. The molecule has 0 saturated carbocycles. The van der Waals surface area contributed by atoms with Crippen LogP contribution in [0.3, 0.4) is 0 Å². The molecule has 110 valence electrons. The molecule has 0 aliphatic carbocycles. The topological polar surface area (TPSA) is 55.2 Å². The summed E-state index contributed by atoms with van der Waals surface area (Å²) in [6.07, 6.45) is 1.78. The summed E-state index contributed by atoms with van der Waals surface area (Å²) in [6.45, 7) is 1.83. The highest BCUT2D eigenvalue weighted by Crippen LogP contribution is 2.35. The first kappa shape index (κ1) is 14.1. The number of phenols is 1. The third-order valence-electron chi connectivity index (χ3n) is 3.47. The highest BCUT2D eigenvalue weighted by atomic mass is 16.5. The molecule has 0 bridgehead atoms. The molecule has 0 saturated heterocycles. The lowest BCUT2D eigenvalue weighted by Gasteiger charge is -2.11. The zero-order valence-electron chi connectivity index (χ0n) is 12.4. The number of ether oxygens (including phenoxy) is 1. The fourth-order valence-electron chi connectivity index (χ4n) is 2.33. The van der Waals surface area contributed by atoms with Crippen molar-refractivity contribution in [2.45, 2.75) is 6.92 Å². The number of aromatic hydroxyl groups is 1. The van der Waals surface area contributed by atoms with Crippen LogP contribution in [0.15, 0.2) is 54.7 Å². The van der Waals surface area contributed by atoms with E-state index in [-0.39, 0.29) is 5.75 Å². The number of rotatable bonds is 3. The maximum absolute atomic E-state index is 10.1. The van der Waals surface area contributed by atoms with Crippen LogP contribution in [0.1, 0.15) is 5.82 Å². The highest BCUT2D eigenvalue weighted by Gasteiger charge is 2.13. The van der Waals surface area contributed by atoms with Crippen molar-refractivity contribution in [2.75, 3.05) is 7.11 Å². The van der Waals surface area contributed by atoms with E-state index >= 15 is 0 Å². The zero-order chi connectivity index (χ0) is 15.5. The smallest absolute Gasteiger partial charge is 0.125 e. The van der Waals surface area contributed by atoms with Crippen molar-refractivity contribution in [1.82, 2.24) is 9.97 Å². The first-order chi connectivity index (χ1) is 10.7. The number of phenolic OH excluding ortho intramolecular Hbond substituents is 1. The van der Waals surface area contributed by atoms with Crippen molar-refractivity contribution < 1.29 is 9.84 Å². The second-order valence-electron chi connectivity index (χ2n) is 4.93. The number of benzene rings is 2. The van der Waals surface area contributed by atoms with Gasteiger partial charge >= 0.3 is 0 Å². The molecule has 0 atom stereocenters. The molecule has 4 heteroatoms. The molecule has 0 radical (unpaired) electrons. The molecule has 1 N–H and O–H groups in total. The summed E-state index contributed by atoms with van der Waals surface area (Å²) in [4.78, 5) is 8.81. The maximum atomic E-state index is 10.1. The third kappa shape index (κ3) is 2.63. The van der Waals surface area contributed by atoms with Crippen molar-refractivity contribution >= 4 is 0 Å². The molecule has 3 aromatic rings. The van der Waals surface area contributed by atoms with Gasteiger partial charge in [0.2, 0.25) is 0 Å². The van der Waals surface area contributed by atoms with Crippen LogP contribution in [0.5, 0.6) is 11.5 Å². The van der Waals surface area contributed by atoms with Gasteiger partial charge in [0.1, 0.15) is 17.3 Å². The Hall–Kier alpha value is -2.88. The first-order valence-electron chi connectivity index (χ1n) is 6.95. The predicted octanol–water partition coefficient (Wildman–Crippen LogP) is 3.83. The summed E-state index contributed by atoms with van der Waals surface area (Å²) in [5.74, 6) is 1.66. The van der Waals surface area contributed by atoms with Crippen LogP contribution in [0.4, 0.5) is 0 Å². The molecule has 0 amide bonds. The average Bonchev–Trinajstić information content (AvgIpc) is 2.55. The predicted molar refractivity (Wildman–Crippen MR) is 85.9 cm³/mol. The highest BCUT2D eigenvalue weighted by molar-refractivity contribution is 5.82. The Morgan fingerprint density at radius 3 is 2.36 bits per heavy atom. The molecule has 0 fully saturated rings. The van der Waals surface area contributed by atoms with E-state index in [1.807, 2.05) is 43.3 Å². The SMILES string of the molecule is COc1ccc(-c2cnc(C)nc2-c2ccccc2O)cc1. The lowest BCUT2D eigenvalue weighted by molar-refractivity contribution is 0.415. The number of aromatic nitrogens is 2. The molecule has 4 nitrogen and oxygen atoms in total. The summed E-state index contributed by atoms with van der Waals surface area (Å²) in [6, 6.07) is 14.9. The fourth-order valence-corrected chi connectivity index (χ4v) is 2.33. The Labute approximate surface area is 129 Å². The second kappa shape index (κ2) is 5.85. The van der Waals surface area contributed by atoms with Crippen LogP contribution in [0, 0.1) is 6.92 Å². The summed E-state index contributed by atoms with van der Waals surface area (Å²) in [5.41, 5.74) is 3.25. The summed E-state index contributed by atoms with van der Waals surface area (Å²) >= 11 is 0. The van der Waals surface area contributed by atoms with Gasteiger partial charge in [-0.2, -0.15) is 0 Å². The van der Waals surface area contributed by atoms with Crippen LogP contribution >= 0.6 is 0 Å². The number of methoxy groups -OCH3 is 1. The van der Waals surface area contributed by atoms with E-state index in [1.54, 1.807) is 25.4 Å². The van der Waals surface area contributed by atoms with E-state index in [4.69, 9.17) is 4.74 Å². The van der Waals surface area contributed by atoms with Crippen molar-refractivity contribution in [1.29, 1.82) is 0 Å². The Morgan fingerprint density at radius 2 is 1.68 bits per heavy atom. The first-order valence-corrected chi connectivity index (χ1v) is 6.95. The average molecular weight is 292 g/mol. The third-order valence-corrected chi connectivity index (χ3v) is 3.47. The van der Waals surface area contributed by atoms with E-state index in [9.17, 15) is 5.11 Å². The molecular formula is C18H16N2O2. The normalized spacial score (nSPS) is 10.5. The number of hydrogen-bond acceptors (Lipinski definition) is 4. The number of nitrogens with zero attached hydrogens (tertiary/aromatic N) is 2. The van der Waals surface area contributed by atoms with Gasteiger partial charge in [-0.05, 0) is 36.8 Å². The minimum atomic E-state index is 0.204. The van der Waals surface area contributed by atoms with Gasteiger partial charge < -0.3 is 9.84 Å². The van der Waals surface area contributed by atoms with Crippen molar-refractivity contribution in [3.05, 3.63) is 60.6 Å². The molecule has 22 heavy (non-hydrogen) atoms. The Bertz CT molecular complexity index is 798. The van der Waals surface area contributed by atoms with E-state index in [0.717, 1.165) is 22.6 Å². The van der Waals surface area contributed by atoms with Gasteiger partial charge in [-0.15, -0.1) is 0 Å². The lowest BCUT2D eigenvalue weighted by Crippen LogP contribution is -1.95. The minimum Gasteiger partial charge on any atom is -0.507 e. The van der Waals surface area contributed by atoms with E-state index in [2.05, 4.69) is 9.97 Å². The lowest BCUT2D eigenvalue weighted by atomic mass is 10.00. The van der Waals surface area contributed by atoms with Crippen LogP contribution in [0.25, 0.3) is 22.4 Å². The van der Waals surface area contributed by atoms with Gasteiger partial charge in [0, 0.05) is 17.3 Å². The summed E-state index contributed by atoms with van der Waals surface area (Å²) in [7, 11) is 1.64. The Kier molecular flexibility index (Phi) is 3.74. The molecule has 1 aromatic heterocycles. The summed E-state index contributed by atoms with van der Waals surface area (Å²) < 4.78 is 5.19. The van der Waals surface area contributed by atoms with Gasteiger partial charge in [0.05, 0.1) is 12.8 Å².